The van der Waals surface area contributed by atoms with E-state index in [9.17, 15) is 18.0 Å². The predicted molar refractivity (Wildman–Crippen MR) is 121 cm³/mol. The Morgan fingerprint density at radius 1 is 1.29 bits per heavy atom. The maximum absolute atomic E-state index is 12.7. The molecule has 1 aromatic rings. The van der Waals surface area contributed by atoms with Gasteiger partial charge in [0.15, 0.2) is 0 Å². The Morgan fingerprint density at radius 2 is 2.00 bits per heavy atom. The number of piperidine rings is 1. The average Bonchev–Trinajstić information content (AvgIpc) is 2.76. The van der Waals surface area contributed by atoms with Crippen LogP contribution in [0, 0.1) is 12.8 Å². The molecule has 2 atom stereocenters. The van der Waals surface area contributed by atoms with Crippen LogP contribution in [-0.2, 0) is 23.8 Å². The molecule has 0 aliphatic carbocycles. The highest BCUT2D eigenvalue weighted by molar-refractivity contribution is 7.98. The van der Waals surface area contributed by atoms with Gasteiger partial charge in [-0.15, -0.1) is 0 Å². The normalized spacial score (nSPS) is 17.8. The lowest BCUT2D eigenvalue weighted by Gasteiger charge is -2.33. The summed E-state index contributed by atoms with van der Waals surface area (Å²) in [6.07, 6.45) is 4.68. The number of urea groups is 1. The SMILES string of the molecule is COC(=O)[C@H](CCSC)NC(=O)N1CCCC(CCOS(=O)(=O)c2ccc(C)cc2)C1. The Kier molecular flexibility index (Phi) is 10.1. The van der Waals surface area contributed by atoms with Crippen molar-refractivity contribution < 1.29 is 26.9 Å². The molecule has 1 fully saturated rings. The number of esters is 1. The van der Waals surface area contributed by atoms with Crippen LogP contribution in [0.1, 0.15) is 31.2 Å². The summed E-state index contributed by atoms with van der Waals surface area (Å²) in [5.41, 5.74) is 0.974. The molecule has 1 aromatic carbocycles. The summed E-state index contributed by atoms with van der Waals surface area (Å²) in [6, 6.07) is 5.56. The number of nitrogens with zero attached hydrogens (tertiary/aromatic N) is 1. The van der Waals surface area contributed by atoms with Gasteiger partial charge in [0, 0.05) is 13.1 Å². The third-order valence-electron chi connectivity index (χ3n) is 5.27. The highest BCUT2D eigenvalue weighted by Crippen LogP contribution is 2.21. The van der Waals surface area contributed by atoms with Crippen molar-refractivity contribution in [1.29, 1.82) is 0 Å². The molecule has 0 spiro atoms. The number of amides is 2. The minimum Gasteiger partial charge on any atom is -0.467 e. The van der Waals surface area contributed by atoms with Gasteiger partial charge in [0.1, 0.15) is 6.04 Å². The zero-order chi connectivity index (χ0) is 22.9. The second-order valence-corrected chi connectivity index (χ2v) is 10.2. The lowest BCUT2D eigenvalue weighted by atomic mass is 9.95. The number of likely N-dealkylation sites (tertiary alicyclic amines) is 1. The molecule has 10 heteroatoms. The third-order valence-corrected chi connectivity index (χ3v) is 7.24. The summed E-state index contributed by atoms with van der Waals surface area (Å²) >= 11 is 1.60. The van der Waals surface area contributed by atoms with Crippen molar-refractivity contribution in [1.82, 2.24) is 10.2 Å². The van der Waals surface area contributed by atoms with E-state index in [0.717, 1.165) is 24.2 Å². The molecule has 2 amide bonds. The first-order chi connectivity index (χ1) is 14.8. The van der Waals surface area contributed by atoms with E-state index in [1.165, 1.54) is 19.2 Å². The van der Waals surface area contributed by atoms with Crippen molar-refractivity contribution in [3.63, 3.8) is 0 Å². The molecule has 1 saturated heterocycles. The number of ether oxygens (including phenoxy) is 1. The molecule has 1 unspecified atom stereocenters. The number of carbonyl (C=O) groups excluding carboxylic acids is 2. The van der Waals surface area contributed by atoms with Crippen LogP contribution in [0.15, 0.2) is 29.2 Å². The first kappa shape index (κ1) is 25.5. The zero-order valence-corrected chi connectivity index (χ0v) is 20.0. The molecule has 1 N–H and O–H groups in total. The first-order valence-electron chi connectivity index (χ1n) is 10.3. The predicted octanol–water partition coefficient (Wildman–Crippen LogP) is 2.81. The number of aryl methyl sites for hydroxylation is 1. The highest BCUT2D eigenvalue weighted by Gasteiger charge is 2.28. The number of methoxy groups -OCH3 is 1. The van der Waals surface area contributed by atoms with Crippen LogP contribution in [0.25, 0.3) is 0 Å². The van der Waals surface area contributed by atoms with Gasteiger partial charge in [-0.2, -0.15) is 20.2 Å². The molecule has 1 aliphatic heterocycles. The minimum atomic E-state index is -3.79. The topological polar surface area (TPSA) is 102 Å². The maximum Gasteiger partial charge on any atom is 0.328 e. The molecule has 2 rings (SSSR count). The van der Waals surface area contributed by atoms with Crippen LogP contribution in [0.2, 0.25) is 0 Å². The van der Waals surface area contributed by atoms with E-state index < -0.39 is 22.1 Å². The molecule has 1 aliphatic rings. The number of carbonyl (C=O) groups is 2. The van der Waals surface area contributed by atoms with Crippen molar-refractivity contribution in [3.05, 3.63) is 29.8 Å². The summed E-state index contributed by atoms with van der Waals surface area (Å²) in [7, 11) is -2.48. The van der Waals surface area contributed by atoms with Gasteiger partial charge in [-0.05, 0) is 62.7 Å². The Morgan fingerprint density at radius 3 is 2.65 bits per heavy atom. The van der Waals surface area contributed by atoms with E-state index in [0.29, 0.717) is 25.9 Å². The Labute approximate surface area is 189 Å². The van der Waals surface area contributed by atoms with Gasteiger partial charge in [-0.1, -0.05) is 17.7 Å². The smallest absolute Gasteiger partial charge is 0.328 e. The molecular weight excluding hydrogens is 440 g/mol. The van der Waals surface area contributed by atoms with Crippen molar-refractivity contribution in [3.8, 4) is 0 Å². The fourth-order valence-electron chi connectivity index (χ4n) is 3.45. The van der Waals surface area contributed by atoms with E-state index in [2.05, 4.69) is 5.32 Å². The zero-order valence-electron chi connectivity index (χ0n) is 18.3. The summed E-state index contributed by atoms with van der Waals surface area (Å²) < 4.78 is 34.6. The van der Waals surface area contributed by atoms with Crippen LogP contribution in [0.4, 0.5) is 4.79 Å². The van der Waals surface area contributed by atoms with Crippen LogP contribution >= 0.6 is 11.8 Å². The molecule has 0 saturated carbocycles. The number of hydrogen-bond donors (Lipinski definition) is 1. The molecule has 174 valence electrons. The van der Waals surface area contributed by atoms with E-state index in [-0.39, 0.29) is 23.5 Å². The van der Waals surface area contributed by atoms with Crippen LogP contribution in [-0.4, -0.2) is 70.2 Å². The summed E-state index contributed by atoms with van der Waals surface area (Å²) in [4.78, 5) is 26.4. The van der Waals surface area contributed by atoms with Crippen LogP contribution < -0.4 is 5.32 Å². The van der Waals surface area contributed by atoms with Gasteiger partial charge < -0.3 is 15.0 Å². The summed E-state index contributed by atoms with van der Waals surface area (Å²) in [5, 5.41) is 2.77. The summed E-state index contributed by atoms with van der Waals surface area (Å²) in [5.74, 6) is 0.413. The monoisotopic (exact) mass is 472 g/mol. The van der Waals surface area contributed by atoms with E-state index in [1.807, 2.05) is 13.2 Å². The van der Waals surface area contributed by atoms with E-state index in [4.69, 9.17) is 8.92 Å². The van der Waals surface area contributed by atoms with E-state index >= 15 is 0 Å². The number of benzene rings is 1. The molecule has 0 aromatic heterocycles. The number of nitrogens with one attached hydrogen (secondary N) is 1. The maximum atomic E-state index is 12.7. The molecule has 8 nitrogen and oxygen atoms in total. The number of rotatable bonds is 10. The fraction of sp³-hybridized carbons (Fsp3) is 0.619. The molecular formula is C21H32N2O6S2. The molecule has 0 radical (unpaired) electrons. The quantitative estimate of drug-likeness (QED) is 0.413. The third kappa shape index (κ3) is 8.01. The van der Waals surface area contributed by atoms with Gasteiger partial charge in [0.2, 0.25) is 0 Å². The highest BCUT2D eigenvalue weighted by atomic mass is 32.2. The number of hydrogen-bond acceptors (Lipinski definition) is 7. The second-order valence-electron chi connectivity index (χ2n) is 7.64. The van der Waals surface area contributed by atoms with Gasteiger partial charge in [-0.25, -0.2) is 9.59 Å². The standard InChI is InChI=1S/C21H32N2O6S2/c1-16-6-8-18(9-7-16)31(26,27)29-13-10-17-5-4-12-23(15-17)21(25)22-19(11-14-30-3)20(24)28-2/h6-9,17,19H,4-5,10-15H2,1-3H3,(H,22,25)/t17?,19-/m0/s1. The lowest BCUT2D eigenvalue weighted by Crippen LogP contribution is -2.51. The second kappa shape index (κ2) is 12.3. The number of thioether (sulfide) groups is 1. The van der Waals surface area contributed by atoms with Gasteiger partial charge >= 0.3 is 12.0 Å². The van der Waals surface area contributed by atoms with Gasteiger partial charge in [-0.3, -0.25) is 4.18 Å². The van der Waals surface area contributed by atoms with E-state index in [1.54, 1.807) is 28.8 Å². The average molecular weight is 473 g/mol. The largest absolute Gasteiger partial charge is 0.467 e. The Hall–Kier alpha value is -1.78. The van der Waals surface area contributed by atoms with Crippen molar-refractivity contribution >= 4 is 33.9 Å². The Balaban J connectivity index is 1.85. The van der Waals surface area contributed by atoms with Crippen LogP contribution in [0.3, 0.4) is 0 Å². The fourth-order valence-corrected chi connectivity index (χ4v) is 4.84. The summed E-state index contributed by atoms with van der Waals surface area (Å²) in [6.45, 7) is 3.05. The van der Waals surface area contributed by atoms with Gasteiger partial charge in [0.05, 0.1) is 18.6 Å². The van der Waals surface area contributed by atoms with Crippen molar-refractivity contribution in [2.24, 2.45) is 5.92 Å². The van der Waals surface area contributed by atoms with Gasteiger partial charge in [0.25, 0.3) is 10.1 Å². The van der Waals surface area contributed by atoms with Crippen molar-refractivity contribution in [2.45, 2.75) is 43.5 Å². The molecule has 31 heavy (non-hydrogen) atoms. The molecule has 1 heterocycles. The molecule has 0 bridgehead atoms. The Bertz CT molecular complexity index is 829. The lowest BCUT2D eigenvalue weighted by molar-refractivity contribution is -0.142. The first-order valence-corrected chi connectivity index (χ1v) is 13.2. The van der Waals surface area contributed by atoms with Crippen LogP contribution in [0.5, 0.6) is 0 Å². The minimum absolute atomic E-state index is 0.0643. The van der Waals surface area contributed by atoms with Crippen molar-refractivity contribution in [2.75, 3.05) is 38.8 Å².